The minimum absolute atomic E-state index is 0.00978. The molecule has 1 aromatic carbocycles. The second-order valence-electron chi connectivity index (χ2n) is 6.07. The first-order valence-corrected chi connectivity index (χ1v) is 8.62. The molecule has 0 unspecified atom stereocenters. The number of nitrogens with one attached hydrogen (secondary N) is 1. The van der Waals surface area contributed by atoms with Crippen LogP contribution in [0.5, 0.6) is 5.75 Å². The van der Waals surface area contributed by atoms with Gasteiger partial charge in [0.2, 0.25) is 5.91 Å². The molecule has 7 heteroatoms. The van der Waals surface area contributed by atoms with Gasteiger partial charge < -0.3 is 15.3 Å². The van der Waals surface area contributed by atoms with Crippen LogP contribution in [0.15, 0.2) is 22.7 Å². The highest BCUT2D eigenvalue weighted by Gasteiger charge is 2.27. The van der Waals surface area contributed by atoms with Crippen LogP contribution in [0.2, 0.25) is 0 Å². The standard InChI is InChI=1S/C16H20BrN3O3/c17-11-1-4-14(21)13(9-11)16(23)20-7-5-19(6-8-20)10-15(22)18-12-2-3-12/h1,4,9,12,21H,2-3,5-8,10H2,(H,18,22). The van der Waals surface area contributed by atoms with Gasteiger partial charge in [-0.3, -0.25) is 14.5 Å². The number of phenolic OH excluding ortho intramolecular Hbond substituents is 1. The average Bonchev–Trinajstić information content (AvgIpc) is 3.33. The zero-order valence-corrected chi connectivity index (χ0v) is 14.4. The van der Waals surface area contributed by atoms with Gasteiger partial charge in [-0.15, -0.1) is 0 Å². The zero-order chi connectivity index (χ0) is 16.4. The molecule has 1 aliphatic heterocycles. The minimum Gasteiger partial charge on any atom is -0.507 e. The van der Waals surface area contributed by atoms with E-state index in [2.05, 4.69) is 26.1 Å². The summed E-state index contributed by atoms with van der Waals surface area (Å²) in [5.41, 5.74) is 0.305. The van der Waals surface area contributed by atoms with Crippen LogP contribution in [0.25, 0.3) is 0 Å². The average molecular weight is 382 g/mol. The van der Waals surface area contributed by atoms with Crippen LogP contribution in [0.4, 0.5) is 0 Å². The molecule has 3 rings (SSSR count). The highest BCUT2D eigenvalue weighted by Crippen LogP contribution is 2.24. The van der Waals surface area contributed by atoms with Gasteiger partial charge in [0, 0.05) is 36.7 Å². The third-order valence-corrected chi connectivity index (χ3v) is 4.65. The molecule has 0 bridgehead atoms. The van der Waals surface area contributed by atoms with E-state index in [-0.39, 0.29) is 17.6 Å². The van der Waals surface area contributed by atoms with Crippen molar-refractivity contribution in [3.8, 4) is 5.75 Å². The summed E-state index contributed by atoms with van der Waals surface area (Å²) in [4.78, 5) is 28.1. The molecule has 0 spiro atoms. The quantitative estimate of drug-likeness (QED) is 0.821. The van der Waals surface area contributed by atoms with E-state index in [1.807, 2.05) is 0 Å². The van der Waals surface area contributed by atoms with Crippen LogP contribution in [0.1, 0.15) is 23.2 Å². The van der Waals surface area contributed by atoms with Gasteiger partial charge in [0.15, 0.2) is 0 Å². The molecule has 1 heterocycles. The number of phenols is 1. The van der Waals surface area contributed by atoms with Crippen molar-refractivity contribution in [2.75, 3.05) is 32.7 Å². The molecule has 6 nitrogen and oxygen atoms in total. The molecule has 2 aliphatic rings. The molecule has 2 amide bonds. The lowest BCUT2D eigenvalue weighted by Crippen LogP contribution is -2.51. The van der Waals surface area contributed by atoms with Gasteiger partial charge >= 0.3 is 0 Å². The fourth-order valence-corrected chi connectivity index (χ4v) is 3.02. The summed E-state index contributed by atoms with van der Waals surface area (Å²) < 4.78 is 0.758. The Balaban J connectivity index is 1.52. The number of nitrogens with zero attached hydrogens (tertiary/aromatic N) is 2. The highest BCUT2D eigenvalue weighted by molar-refractivity contribution is 9.10. The van der Waals surface area contributed by atoms with Gasteiger partial charge in [0.25, 0.3) is 5.91 Å². The van der Waals surface area contributed by atoms with E-state index in [0.29, 0.717) is 44.3 Å². The molecule has 1 saturated carbocycles. The van der Waals surface area contributed by atoms with Crippen molar-refractivity contribution in [1.29, 1.82) is 0 Å². The van der Waals surface area contributed by atoms with Crippen molar-refractivity contribution in [3.05, 3.63) is 28.2 Å². The summed E-state index contributed by atoms with van der Waals surface area (Å²) in [5, 5.41) is 12.8. The number of rotatable bonds is 4. The van der Waals surface area contributed by atoms with Crippen molar-refractivity contribution in [2.24, 2.45) is 0 Å². The number of hydrogen-bond acceptors (Lipinski definition) is 4. The van der Waals surface area contributed by atoms with Crippen LogP contribution < -0.4 is 5.32 Å². The maximum atomic E-state index is 12.5. The topological polar surface area (TPSA) is 72.9 Å². The Hall–Kier alpha value is -1.60. The van der Waals surface area contributed by atoms with Crippen molar-refractivity contribution >= 4 is 27.7 Å². The largest absolute Gasteiger partial charge is 0.507 e. The highest BCUT2D eigenvalue weighted by atomic mass is 79.9. The van der Waals surface area contributed by atoms with Crippen LogP contribution in [-0.2, 0) is 4.79 Å². The first kappa shape index (κ1) is 16.3. The fourth-order valence-electron chi connectivity index (χ4n) is 2.66. The molecule has 1 aromatic rings. The number of halogens is 1. The minimum atomic E-state index is -0.175. The number of piperazine rings is 1. The maximum Gasteiger partial charge on any atom is 0.257 e. The van der Waals surface area contributed by atoms with Crippen molar-refractivity contribution in [3.63, 3.8) is 0 Å². The van der Waals surface area contributed by atoms with E-state index in [4.69, 9.17) is 0 Å². The first-order valence-electron chi connectivity index (χ1n) is 7.82. The summed E-state index contributed by atoms with van der Waals surface area (Å²) in [7, 11) is 0. The van der Waals surface area contributed by atoms with Gasteiger partial charge in [0.1, 0.15) is 5.75 Å². The molecule has 23 heavy (non-hydrogen) atoms. The molecular formula is C16H20BrN3O3. The summed E-state index contributed by atoms with van der Waals surface area (Å²) in [5.74, 6) is -0.118. The number of benzene rings is 1. The Morgan fingerprint density at radius 3 is 2.57 bits per heavy atom. The number of carbonyl (C=O) groups excluding carboxylic acids is 2. The second kappa shape index (κ2) is 6.88. The smallest absolute Gasteiger partial charge is 0.257 e. The van der Waals surface area contributed by atoms with Gasteiger partial charge in [-0.2, -0.15) is 0 Å². The van der Waals surface area contributed by atoms with Crippen LogP contribution >= 0.6 is 15.9 Å². The van der Waals surface area contributed by atoms with Gasteiger partial charge in [-0.1, -0.05) is 15.9 Å². The Bertz CT molecular complexity index is 611. The van der Waals surface area contributed by atoms with E-state index in [9.17, 15) is 14.7 Å². The Labute approximate surface area is 143 Å². The summed E-state index contributed by atoms with van der Waals surface area (Å²) in [6, 6.07) is 5.22. The second-order valence-corrected chi connectivity index (χ2v) is 6.99. The van der Waals surface area contributed by atoms with E-state index in [1.165, 1.54) is 6.07 Å². The fraction of sp³-hybridized carbons (Fsp3) is 0.500. The summed E-state index contributed by atoms with van der Waals surface area (Å²) in [6.45, 7) is 2.83. The summed E-state index contributed by atoms with van der Waals surface area (Å²) in [6.07, 6.45) is 2.17. The lowest BCUT2D eigenvalue weighted by Gasteiger charge is -2.34. The molecule has 2 N–H and O–H groups in total. The monoisotopic (exact) mass is 381 g/mol. The SMILES string of the molecule is O=C(CN1CCN(C(=O)c2cc(Br)ccc2O)CC1)NC1CC1. The lowest BCUT2D eigenvalue weighted by atomic mass is 10.1. The number of hydrogen-bond donors (Lipinski definition) is 2. The van der Waals surface area contributed by atoms with Gasteiger partial charge in [-0.05, 0) is 31.0 Å². The van der Waals surface area contributed by atoms with E-state index >= 15 is 0 Å². The molecule has 1 aliphatic carbocycles. The lowest BCUT2D eigenvalue weighted by molar-refractivity contribution is -0.122. The molecule has 2 fully saturated rings. The molecular weight excluding hydrogens is 362 g/mol. The molecule has 124 valence electrons. The van der Waals surface area contributed by atoms with Crippen LogP contribution in [0.3, 0.4) is 0 Å². The predicted molar refractivity (Wildman–Crippen MR) is 89.3 cm³/mol. The molecule has 0 aromatic heterocycles. The molecule has 1 saturated heterocycles. The van der Waals surface area contributed by atoms with Gasteiger partial charge in [-0.25, -0.2) is 0 Å². The maximum absolute atomic E-state index is 12.5. The Morgan fingerprint density at radius 2 is 1.91 bits per heavy atom. The van der Waals surface area contributed by atoms with E-state index < -0.39 is 0 Å². The molecule has 0 radical (unpaired) electrons. The van der Waals surface area contributed by atoms with Crippen LogP contribution in [0, 0.1) is 0 Å². The third kappa shape index (κ3) is 4.23. The van der Waals surface area contributed by atoms with Crippen molar-refractivity contribution < 1.29 is 14.7 Å². The van der Waals surface area contributed by atoms with Crippen LogP contribution in [-0.4, -0.2) is 65.5 Å². The number of aromatic hydroxyl groups is 1. The van der Waals surface area contributed by atoms with Crippen molar-refractivity contribution in [1.82, 2.24) is 15.1 Å². The number of amides is 2. The summed E-state index contributed by atoms with van der Waals surface area (Å²) >= 11 is 3.32. The zero-order valence-electron chi connectivity index (χ0n) is 12.8. The van der Waals surface area contributed by atoms with E-state index in [0.717, 1.165) is 17.3 Å². The normalized spacial score (nSPS) is 18.7. The van der Waals surface area contributed by atoms with Crippen molar-refractivity contribution in [2.45, 2.75) is 18.9 Å². The van der Waals surface area contributed by atoms with E-state index in [1.54, 1.807) is 17.0 Å². The predicted octanol–water partition coefficient (Wildman–Crippen LogP) is 1.19. The number of carbonyl (C=O) groups is 2. The Morgan fingerprint density at radius 1 is 1.22 bits per heavy atom. The molecule has 0 atom stereocenters. The van der Waals surface area contributed by atoms with Gasteiger partial charge in [0.05, 0.1) is 12.1 Å². The first-order chi connectivity index (χ1) is 11.0. The third-order valence-electron chi connectivity index (χ3n) is 4.16. The Kier molecular flexibility index (Phi) is 4.87.